The number of likely N-dealkylation sites (tertiary alicyclic amines) is 1. The molecule has 89 heavy (non-hydrogen) atoms. The first-order valence-electron chi connectivity index (χ1n) is 30.3. The number of nitrogens with zero attached hydrogens (tertiary/aromatic N) is 3. The molecule has 25 nitrogen and oxygen atoms in total. The van der Waals surface area contributed by atoms with E-state index >= 15 is 0 Å². The van der Waals surface area contributed by atoms with Gasteiger partial charge in [0.25, 0.3) is 5.91 Å². The van der Waals surface area contributed by atoms with E-state index in [1.807, 2.05) is 62.6 Å². The van der Waals surface area contributed by atoms with Gasteiger partial charge in [0.1, 0.15) is 78.7 Å². The molecule has 16 atom stereocenters. The Labute approximate surface area is 516 Å². The van der Waals surface area contributed by atoms with Crippen molar-refractivity contribution >= 4 is 41.4 Å². The molecule has 4 aromatic carbocycles. The number of amides is 7. The fraction of sp³-hybridized carbons (Fsp3) is 0.516. The number of nitrogens with one attached hydrogen (secondary N) is 5. The summed E-state index contributed by atoms with van der Waals surface area (Å²) in [4.78, 5) is 104. The number of unbranched alkanes of at least 4 members (excludes halogenated alkanes) is 2. The number of benzene rings is 4. The van der Waals surface area contributed by atoms with E-state index in [1.165, 1.54) is 43.3 Å². The monoisotopic (exact) mass is 1240 g/mol. The van der Waals surface area contributed by atoms with Gasteiger partial charge in [0.15, 0.2) is 6.23 Å². The van der Waals surface area contributed by atoms with Crippen LogP contribution in [0.3, 0.4) is 0 Å². The highest BCUT2D eigenvalue weighted by molar-refractivity contribution is 6.00. The third-order valence-electron chi connectivity index (χ3n) is 17.5. The minimum absolute atomic E-state index is 0.0535. The van der Waals surface area contributed by atoms with Crippen LogP contribution in [-0.4, -0.2) is 229 Å². The minimum atomic E-state index is -2.28. The Morgan fingerprint density at radius 1 is 0.674 bits per heavy atom. The highest BCUT2D eigenvalue weighted by Crippen LogP contribution is 2.31. The third kappa shape index (κ3) is 16.1. The van der Waals surface area contributed by atoms with Crippen molar-refractivity contribution in [2.24, 2.45) is 5.92 Å². The Morgan fingerprint density at radius 3 is 1.78 bits per heavy atom. The molecule has 0 radical (unpaired) electrons. The number of aliphatic hydroxyl groups excluding tert-OH is 7. The number of hydrogen-bond donors (Lipinski definition) is 13. The van der Waals surface area contributed by atoms with Crippen molar-refractivity contribution < 1.29 is 88.4 Å². The quantitative estimate of drug-likeness (QED) is 0.0487. The first kappa shape index (κ1) is 67.3. The van der Waals surface area contributed by atoms with Crippen molar-refractivity contribution in [1.29, 1.82) is 0 Å². The first-order chi connectivity index (χ1) is 42.3. The van der Waals surface area contributed by atoms with E-state index in [0.29, 0.717) is 17.5 Å². The van der Waals surface area contributed by atoms with Crippen molar-refractivity contribution in [1.82, 2.24) is 36.4 Å². The molecule has 8 rings (SSSR count). The number of ether oxygens (including phenoxy) is 2. The molecule has 0 aliphatic carbocycles. The topological polar surface area (TPSA) is 366 Å². The standard InChI is InChI=1S/C64H84N8O17/c1-7-8-9-28-88-46-24-20-40(21-25-46)38-12-10-37(11-13-38)39-14-16-42(17-15-39)57(81)65-47-30-49(77)62(89-33-43-26-27-72(43,5)6)69-61(85)53-54(78)34(2)31-71(53)64(87)51(36(4)74)67-60(84)52(56(80)55(79)41-18-22-44(75)23-19-41)68-59(83)48-29-45(76)32-70(48)63(86)50(35(3)73)66-58(47)82/h10-25,34-36,43,45,47-56,62,73-74,76-80H,7-9,26-33H2,1-6H3,(H5-,65,66,67,68,69,75,81,82,83,84,85)/p+1/t34-,35+,36+,43?,45+,47-,48-,49+,50-,51-,52-,53-,54-,55-,56-,62+/m0/s1. The van der Waals surface area contributed by atoms with E-state index in [2.05, 4.69) is 33.5 Å². The molecule has 4 saturated heterocycles. The Morgan fingerprint density at radius 2 is 1.22 bits per heavy atom. The summed E-state index contributed by atoms with van der Waals surface area (Å²) < 4.78 is 12.6. The summed E-state index contributed by atoms with van der Waals surface area (Å²) in [5.41, 5.74) is 3.50. The molecule has 0 saturated carbocycles. The molecule has 1 unspecified atom stereocenters. The normalized spacial score (nSPS) is 28.5. The lowest BCUT2D eigenvalue weighted by Crippen LogP contribution is -2.64. The Balaban J connectivity index is 1.12. The molecule has 4 fully saturated rings. The van der Waals surface area contributed by atoms with Gasteiger partial charge in [-0.15, -0.1) is 0 Å². The molecular formula is C64H85N8O17+. The largest absolute Gasteiger partial charge is 0.508 e. The second-order valence-corrected chi connectivity index (χ2v) is 24.5. The smallest absolute Gasteiger partial charge is 0.251 e. The summed E-state index contributed by atoms with van der Waals surface area (Å²) in [5.74, 6) is -8.18. The summed E-state index contributed by atoms with van der Waals surface area (Å²) in [7, 11) is 3.89. The molecule has 0 aromatic heterocycles. The molecule has 4 aliphatic rings. The van der Waals surface area contributed by atoms with E-state index in [0.717, 1.165) is 77.5 Å². The van der Waals surface area contributed by atoms with Crippen molar-refractivity contribution in [3.8, 4) is 33.8 Å². The van der Waals surface area contributed by atoms with Crippen LogP contribution in [0.2, 0.25) is 0 Å². The van der Waals surface area contributed by atoms with E-state index in [4.69, 9.17) is 9.47 Å². The SMILES string of the molecule is CCCCCOc1ccc(-c2ccc(-c3ccc(C(=O)N[C@H]4C[C@@H](O)[C@@H](OCC5CC[N+]5(C)C)NC(=O)[C@@H]5[C@@H](O)[C@@H](C)CN5C(=O)[C@H]([C@@H](C)O)NC(=O)[C@H]([C@H](O)[C@@H](O)c5ccc(O)cc5)NC(=O)[C@@H]5C[C@@H](O)CN5C(=O)[C@H]([C@@H](C)O)NC4=O)cc3)cc2)cc1. The molecule has 482 valence electrons. The maximum atomic E-state index is 14.9. The predicted molar refractivity (Wildman–Crippen MR) is 322 cm³/mol. The number of phenolic OH excluding ortho intramolecular Hbond substituents is 1. The summed E-state index contributed by atoms with van der Waals surface area (Å²) in [6.45, 7) is 6.39. The van der Waals surface area contributed by atoms with E-state index in [-0.39, 0.29) is 36.1 Å². The van der Waals surface area contributed by atoms with Gasteiger partial charge in [-0.05, 0) is 84.5 Å². The number of aromatic hydroxyl groups is 1. The van der Waals surface area contributed by atoms with Crippen LogP contribution in [0.5, 0.6) is 11.5 Å². The lowest BCUT2D eigenvalue weighted by molar-refractivity contribution is -0.955. The van der Waals surface area contributed by atoms with Crippen LogP contribution in [-0.2, 0) is 33.5 Å². The fourth-order valence-electron chi connectivity index (χ4n) is 11.7. The Kier molecular flexibility index (Phi) is 22.2. The molecule has 4 aliphatic heterocycles. The fourth-order valence-corrected chi connectivity index (χ4v) is 11.7. The zero-order valence-electron chi connectivity index (χ0n) is 50.8. The third-order valence-corrected chi connectivity index (χ3v) is 17.5. The minimum Gasteiger partial charge on any atom is -0.508 e. The van der Waals surface area contributed by atoms with Crippen molar-refractivity contribution in [2.75, 3.05) is 46.9 Å². The van der Waals surface area contributed by atoms with E-state index in [9.17, 15) is 74.4 Å². The van der Waals surface area contributed by atoms with Crippen LogP contribution in [0.1, 0.15) is 88.2 Å². The van der Waals surface area contributed by atoms with Crippen LogP contribution < -0.4 is 31.3 Å². The second kappa shape index (κ2) is 29.4. The van der Waals surface area contributed by atoms with Gasteiger partial charge in [0, 0.05) is 37.4 Å². The molecule has 25 heteroatoms. The van der Waals surface area contributed by atoms with Gasteiger partial charge in [0.2, 0.25) is 35.4 Å². The van der Waals surface area contributed by atoms with Gasteiger partial charge in [-0.25, -0.2) is 0 Å². The predicted octanol–water partition coefficient (Wildman–Crippen LogP) is -0.0541. The van der Waals surface area contributed by atoms with E-state index in [1.54, 1.807) is 12.1 Å². The van der Waals surface area contributed by atoms with Crippen LogP contribution >= 0.6 is 0 Å². The number of aliphatic hydroxyl groups is 7. The van der Waals surface area contributed by atoms with E-state index < -0.39 is 152 Å². The second-order valence-electron chi connectivity index (χ2n) is 24.5. The zero-order valence-corrected chi connectivity index (χ0v) is 50.8. The molecule has 4 aromatic rings. The van der Waals surface area contributed by atoms with Gasteiger partial charge in [-0.3, -0.25) is 33.6 Å². The highest BCUT2D eigenvalue weighted by Gasteiger charge is 2.51. The molecular weight excluding hydrogens is 1150 g/mol. The van der Waals surface area contributed by atoms with Crippen molar-refractivity contribution in [3.63, 3.8) is 0 Å². The van der Waals surface area contributed by atoms with Crippen LogP contribution in [0.4, 0.5) is 0 Å². The summed E-state index contributed by atoms with van der Waals surface area (Å²) in [6.07, 6.45) is -11.9. The Bertz CT molecular complexity index is 3110. The average Bonchev–Trinajstić information content (AvgIpc) is 2.06. The molecule has 13 N–H and O–H groups in total. The van der Waals surface area contributed by atoms with Gasteiger partial charge in [-0.1, -0.05) is 87.4 Å². The number of hydrogen-bond acceptors (Lipinski definition) is 17. The average molecular weight is 1240 g/mol. The molecule has 7 amide bonds. The lowest BCUT2D eigenvalue weighted by atomic mass is 9.96. The summed E-state index contributed by atoms with van der Waals surface area (Å²) in [5, 5.41) is 103. The molecule has 4 heterocycles. The number of carbonyl (C=O) groups is 7. The van der Waals surface area contributed by atoms with Crippen molar-refractivity contribution in [2.45, 2.75) is 157 Å². The van der Waals surface area contributed by atoms with Gasteiger partial charge in [0.05, 0.1) is 58.1 Å². The number of quaternary nitrogens is 1. The van der Waals surface area contributed by atoms with Crippen LogP contribution in [0, 0.1) is 5.92 Å². The number of likely N-dealkylation sites (N-methyl/N-ethyl adjacent to an activating group) is 1. The van der Waals surface area contributed by atoms with Gasteiger partial charge in [-0.2, -0.15) is 0 Å². The number of phenols is 1. The number of fused-ring (bicyclic) bond motifs is 2. The maximum absolute atomic E-state index is 14.9. The van der Waals surface area contributed by atoms with Gasteiger partial charge < -0.3 is 91.2 Å². The zero-order chi connectivity index (χ0) is 64.6. The van der Waals surface area contributed by atoms with Crippen LogP contribution in [0.25, 0.3) is 22.3 Å². The van der Waals surface area contributed by atoms with Crippen molar-refractivity contribution in [3.05, 3.63) is 108 Å². The lowest BCUT2D eigenvalue weighted by Gasteiger charge is -2.47. The molecule has 0 bridgehead atoms. The Hall–Kier alpha value is -7.59. The van der Waals surface area contributed by atoms with Gasteiger partial charge >= 0.3 is 0 Å². The molecule has 0 spiro atoms. The number of rotatable bonds is 17. The first-order valence-corrected chi connectivity index (χ1v) is 30.3. The summed E-state index contributed by atoms with van der Waals surface area (Å²) in [6, 6.07) is 15.2. The van der Waals surface area contributed by atoms with Crippen LogP contribution in [0.15, 0.2) is 97.1 Å². The summed E-state index contributed by atoms with van der Waals surface area (Å²) >= 11 is 0. The highest BCUT2D eigenvalue weighted by atomic mass is 16.5. The maximum Gasteiger partial charge on any atom is 0.251 e. The number of carbonyl (C=O) groups excluding carboxylic acids is 7.